The highest BCUT2D eigenvalue weighted by molar-refractivity contribution is 5.85. The van der Waals surface area contributed by atoms with Crippen LogP contribution in [0.1, 0.15) is 6.23 Å². The van der Waals surface area contributed by atoms with Crippen LogP contribution in [0.5, 0.6) is 0 Å². The molecular weight excluding hydrogens is 294 g/mol. The minimum Gasteiger partial charge on any atom is -0.393 e. The van der Waals surface area contributed by atoms with Crippen molar-refractivity contribution >= 4 is 11.7 Å². The Hall–Kier alpha value is -2.11. The zero-order chi connectivity index (χ0) is 15.9. The van der Waals surface area contributed by atoms with Crippen LogP contribution in [0, 0.1) is 5.82 Å². The molecule has 0 spiro atoms. The van der Waals surface area contributed by atoms with Gasteiger partial charge in [0.1, 0.15) is 6.10 Å². The van der Waals surface area contributed by atoms with Crippen molar-refractivity contribution in [2.75, 3.05) is 12.3 Å². The Morgan fingerprint density at radius 2 is 2.24 bits per heavy atom. The molecular formula is C10H12F2N4O5. The van der Waals surface area contributed by atoms with Gasteiger partial charge in [-0.25, -0.2) is 13.6 Å². The number of anilines is 1. The van der Waals surface area contributed by atoms with E-state index in [9.17, 15) is 23.5 Å². The Morgan fingerprint density at radius 3 is 2.71 bits per heavy atom. The Bertz CT molecular complexity index is 638. The maximum Gasteiger partial charge on any atom is 0.351 e. The molecule has 1 fully saturated rings. The number of nitrogen functional groups attached to an aromatic ring is 1. The summed E-state index contributed by atoms with van der Waals surface area (Å²) in [6.45, 7) is -1.12. The van der Waals surface area contributed by atoms with E-state index in [2.05, 4.69) is 4.98 Å². The molecule has 0 unspecified atom stereocenters. The SMILES string of the molecule is NC(=O)[C@]1(CO)O[C@@H](n2cc(F)c(N)nc2=O)[C@@H](F)[C@@H]1O. The van der Waals surface area contributed by atoms with Crippen molar-refractivity contribution in [3.05, 3.63) is 22.5 Å². The first kappa shape index (κ1) is 15.3. The lowest BCUT2D eigenvalue weighted by atomic mass is 9.96. The van der Waals surface area contributed by atoms with E-state index in [0.717, 1.165) is 0 Å². The number of aromatic nitrogens is 2. The molecule has 21 heavy (non-hydrogen) atoms. The number of nitrogens with zero attached hydrogens (tertiary/aromatic N) is 2. The number of amides is 1. The Labute approximate surface area is 115 Å². The Kier molecular flexibility index (Phi) is 3.65. The third kappa shape index (κ3) is 2.14. The van der Waals surface area contributed by atoms with Crippen molar-refractivity contribution in [1.82, 2.24) is 9.55 Å². The van der Waals surface area contributed by atoms with Crippen LogP contribution < -0.4 is 17.2 Å². The summed E-state index contributed by atoms with van der Waals surface area (Å²) in [6.07, 6.45) is -5.84. The monoisotopic (exact) mass is 306 g/mol. The summed E-state index contributed by atoms with van der Waals surface area (Å²) in [5.74, 6) is -3.16. The maximum atomic E-state index is 14.1. The average Bonchev–Trinajstić information content (AvgIpc) is 2.68. The third-order valence-corrected chi connectivity index (χ3v) is 3.24. The van der Waals surface area contributed by atoms with Crippen molar-refractivity contribution in [2.24, 2.45) is 5.73 Å². The lowest BCUT2D eigenvalue weighted by Gasteiger charge is -2.25. The van der Waals surface area contributed by atoms with Gasteiger partial charge in [0.25, 0.3) is 5.91 Å². The summed E-state index contributed by atoms with van der Waals surface area (Å²) in [5, 5.41) is 18.9. The van der Waals surface area contributed by atoms with Gasteiger partial charge in [-0.05, 0) is 0 Å². The minimum atomic E-state index is -2.44. The van der Waals surface area contributed by atoms with E-state index >= 15 is 0 Å². The number of alkyl halides is 1. The molecule has 116 valence electrons. The molecule has 1 aromatic heterocycles. The fraction of sp³-hybridized carbons (Fsp3) is 0.500. The Morgan fingerprint density at radius 1 is 1.62 bits per heavy atom. The van der Waals surface area contributed by atoms with Gasteiger partial charge >= 0.3 is 5.69 Å². The smallest absolute Gasteiger partial charge is 0.351 e. The average molecular weight is 306 g/mol. The van der Waals surface area contributed by atoms with Crippen LogP contribution in [0.3, 0.4) is 0 Å². The molecule has 0 saturated carbocycles. The molecule has 4 atom stereocenters. The number of carbonyl (C=O) groups excluding carboxylic acids is 1. The van der Waals surface area contributed by atoms with Gasteiger partial charge in [0.05, 0.1) is 12.8 Å². The number of hydrogen-bond acceptors (Lipinski definition) is 7. The molecule has 0 aromatic carbocycles. The molecule has 6 N–H and O–H groups in total. The number of carbonyl (C=O) groups is 1. The van der Waals surface area contributed by atoms with E-state index in [1.165, 1.54) is 0 Å². The van der Waals surface area contributed by atoms with E-state index in [0.29, 0.717) is 10.8 Å². The van der Waals surface area contributed by atoms with E-state index in [-0.39, 0.29) is 0 Å². The van der Waals surface area contributed by atoms with Crippen molar-refractivity contribution in [1.29, 1.82) is 0 Å². The second-order valence-corrected chi connectivity index (χ2v) is 4.47. The topological polar surface area (TPSA) is 154 Å². The van der Waals surface area contributed by atoms with E-state index in [4.69, 9.17) is 21.3 Å². The highest BCUT2D eigenvalue weighted by Crippen LogP contribution is 2.38. The lowest BCUT2D eigenvalue weighted by Crippen LogP contribution is -2.55. The summed E-state index contributed by atoms with van der Waals surface area (Å²) in [6, 6.07) is 0. The third-order valence-electron chi connectivity index (χ3n) is 3.24. The van der Waals surface area contributed by atoms with Crippen molar-refractivity contribution < 1.29 is 28.5 Å². The lowest BCUT2D eigenvalue weighted by molar-refractivity contribution is -0.163. The largest absolute Gasteiger partial charge is 0.393 e. The van der Waals surface area contributed by atoms with Gasteiger partial charge in [0.15, 0.2) is 29.6 Å². The number of hydrogen-bond donors (Lipinski definition) is 4. The maximum absolute atomic E-state index is 14.1. The molecule has 1 aliphatic heterocycles. The molecule has 1 aromatic rings. The van der Waals surface area contributed by atoms with Crippen molar-refractivity contribution in [2.45, 2.75) is 24.1 Å². The van der Waals surface area contributed by atoms with Gasteiger partial charge in [0, 0.05) is 0 Å². The Balaban J connectivity index is 2.50. The van der Waals surface area contributed by atoms with Crippen LogP contribution in [0.15, 0.2) is 11.0 Å². The second kappa shape index (κ2) is 5.02. The van der Waals surface area contributed by atoms with Gasteiger partial charge in [-0.2, -0.15) is 4.98 Å². The summed E-state index contributed by atoms with van der Waals surface area (Å²) in [5.41, 5.74) is 6.46. The fourth-order valence-corrected chi connectivity index (χ4v) is 2.03. The summed E-state index contributed by atoms with van der Waals surface area (Å²) in [7, 11) is 0. The van der Waals surface area contributed by atoms with E-state index in [1.807, 2.05) is 0 Å². The molecule has 0 bridgehead atoms. The predicted octanol–water partition coefficient (Wildman–Crippen LogP) is -2.59. The number of halogens is 2. The number of nitrogens with two attached hydrogens (primary N) is 2. The van der Waals surface area contributed by atoms with Crippen LogP contribution in [0.2, 0.25) is 0 Å². The normalized spacial score (nSPS) is 32.3. The standard InChI is InChI=1S/C10H12F2N4O5/c11-3-1-16(9(20)15-6(3)13)7-4(12)5(18)10(2-17,21-7)8(14)19/h1,4-5,7,17-18H,2H2,(H2,14,19)(H2,13,15,20)/t4-,5-,7+,10+/m0/s1. The van der Waals surface area contributed by atoms with Gasteiger partial charge in [0.2, 0.25) is 0 Å². The molecule has 1 saturated heterocycles. The van der Waals surface area contributed by atoms with E-state index < -0.39 is 53.9 Å². The number of ether oxygens (including phenoxy) is 1. The number of aliphatic hydroxyl groups excluding tert-OH is 2. The zero-order valence-electron chi connectivity index (χ0n) is 10.4. The highest BCUT2D eigenvalue weighted by atomic mass is 19.1. The molecule has 9 nitrogen and oxygen atoms in total. The summed E-state index contributed by atoms with van der Waals surface area (Å²) >= 11 is 0. The van der Waals surface area contributed by atoms with Crippen LogP contribution in [0.25, 0.3) is 0 Å². The molecule has 1 amide bonds. The molecule has 2 rings (SSSR count). The summed E-state index contributed by atoms with van der Waals surface area (Å²) in [4.78, 5) is 26.0. The quantitative estimate of drug-likeness (QED) is 0.477. The van der Waals surface area contributed by atoms with Crippen molar-refractivity contribution in [3.63, 3.8) is 0 Å². The first-order chi connectivity index (χ1) is 9.74. The fourth-order valence-electron chi connectivity index (χ4n) is 2.03. The molecule has 11 heteroatoms. The van der Waals surface area contributed by atoms with Gasteiger partial charge in [-0.15, -0.1) is 0 Å². The van der Waals surface area contributed by atoms with Crippen LogP contribution in [-0.2, 0) is 9.53 Å². The highest BCUT2D eigenvalue weighted by Gasteiger charge is 2.59. The van der Waals surface area contributed by atoms with Gasteiger partial charge in [-0.1, -0.05) is 0 Å². The first-order valence-corrected chi connectivity index (χ1v) is 5.69. The number of aliphatic hydroxyl groups is 2. The van der Waals surface area contributed by atoms with Crippen LogP contribution >= 0.6 is 0 Å². The molecule has 0 radical (unpaired) electrons. The van der Waals surface area contributed by atoms with E-state index in [1.54, 1.807) is 0 Å². The number of primary amides is 1. The first-order valence-electron chi connectivity index (χ1n) is 5.69. The summed E-state index contributed by atoms with van der Waals surface area (Å²) < 4.78 is 32.7. The molecule has 0 aliphatic carbocycles. The van der Waals surface area contributed by atoms with Crippen molar-refractivity contribution in [3.8, 4) is 0 Å². The van der Waals surface area contributed by atoms with Gasteiger partial charge < -0.3 is 26.4 Å². The zero-order valence-corrected chi connectivity index (χ0v) is 10.4. The van der Waals surface area contributed by atoms with Crippen LogP contribution in [-0.4, -0.2) is 50.2 Å². The number of rotatable bonds is 3. The molecule has 1 aliphatic rings. The predicted molar refractivity (Wildman–Crippen MR) is 62.9 cm³/mol. The van der Waals surface area contributed by atoms with Crippen LogP contribution in [0.4, 0.5) is 14.6 Å². The van der Waals surface area contributed by atoms with Gasteiger partial charge in [-0.3, -0.25) is 9.36 Å². The second-order valence-electron chi connectivity index (χ2n) is 4.47. The molecule has 2 heterocycles. The minimum absolute atomic E-state index is 0.375.